The molecule has 0 radical (unpaired) electrons. The highest BCUT2D eigenvalue weighted by Gasteiger charge is 2.16. The van der Waals surface area contributed by atoms with E-state index in [9.17, 15) is 0 Å². The van der Waals surface area contributed by atoms with Crippen LogP contribution in [0.5, 0.6) is 5.75 Å². The van der Waals surface area contributed by atoms with Gasteiger partial charge in [0.05, 0.1) is 6.54 Å². The van der Waals surface area contributed by atoms with Crippen molar-refractivity contribution in [1.82, 2.24) is 20.4 Å². The Labute approximate surface area is 192 Å². The number of nitrogens with zero attached hydrogens (tertiary/aromatic N) is 3. The molecular weight excluding hydrogens is 489 g/mol. The standard InChI is InChI=1S/C20H34ClN5O.HI/c1-16(15-26-11-9-25(4)10-12-26)13-23-20(22-3)24-14-17(2)27-19-7-5-18(21)6-8-19;/h5-8,16-17H,9-15H2,1-4H3,(H2,22,23,24);1H. The van der Waals surface area contributed by atoms with Gasteiger partial charge in [-0.15, -0.1) is 24.0 Å². The van der Waals surface area contributed by atoms with Gasteiger partial charge in [-0.25, -0.2) is 0 Å². The highest BCUT2D eigenvalue weighted by atomic mass is 127. The van der Waals surface area contributed by atoms with Crippen LogP contribution in [0.4, 0.5) is 0 Å². The van der Waals surface area contributed by atoms with Crippen molar-refractivity contribution in [3.8, 4) is 5.75 Å². The third-order valence-corrected chi connectivity index (χ3v) is 4.97. The third-order valence-electron chi connectivity index (χ3n) is 4.72. The summed E-state index contributed by atoms with van der Waals surface area (Å²) in [7, 11) is 3.99. The highest BCUT2D eigenvalue weighted by molar-refractivity contribution is 14.0. The Bertz CT molecular complexity index is 578. The quantitative estimate of drug-likeness (QED) is 0.312. The van der Waals surface area contributed by atoms with Crippen molar-refractivity contribution in [2.45, 2.75) is 20.0 Å². The fraction of sp³-hybridized carbons (Fsp3) is 0.650. The van der Waals surface area contributed by atoms with E-state index in [0.717, 1.165) is 51.0 Å². The van der Waals surface area contributed by atoms with Gasteiger partial charge < -0.3 is 25.2 Å². The number of halogens is 2. The summed E-state index contributed by atoms with van der Waals surface area (Å²) < 4.78 is 5.88. The molecule has 0 amide bonds. The molecule has 2 N–H and O–H groups in total. The largest absolute Gasteiger partial charge is 0.489 e. The van der Waals surface area contributed by atoms with E-state index >= 15 is 0 Å². The molecule has 0 aromatic heterocycles. The number of ether oxygens (including phenoxy) is 1. The summed E-state index contributed by atoms with van der Waals surface area (Å²) in [5.41, 5.74) is 0. The summed E-state index contributed by atoms with van der Waals surface area (Å²) in [6.45, 7) is 11.7. The number of hydrogen-bond acceptors (Lipinski definition) is 4. The van der Waals surface area contributed by atoms with Gasteiger partial charge in [-0.1, -0.05) is 18.5 Å². The molecule has 1 saturated heterocycles. The van der Waals surface area contributed by atoms with E-state index < -0.39 is 0 Å². The molecule has 1 aliphatic rings. The smallest absolute Gasteiger partial charge is 0.191 e. The molecular formula is C20H35ClIN5O. The van der Waals surface area contributed by atoms with Gasteiger partial charge in [-0.3, -0.25) is 4.99 Å². The van der Waals surface area contributed by atoms with Crippen molar-refractivity contribution in [2.24, 2.45) is 10.9 Å². The van der Waals surface area contributed by atoms with Gasteiger partial charge in [-0.2, -0.15) is 0 Å². The highest BCUT2D eigenvalue weighted by Crippen LogP contribution is 2.16. The van der Waals surface area contributed by atoms with Crippen LogP contribution in [0.3, 0.4) is 0 Å². The van der Waals surface area contributed by atoms with E-state index in [-0.39, 0.29) is 30.1 Å². The lowest BCUT2D eigenvalue weighted by Crippen LogP contribution is -2.48. The molecule has 28 heavy (non-hydrogen) atoms. The van der Waals surface area contributed by atoms with Crippen molar-refractivity contribution in [2.75, 3.05) is 59.9 Å². The van der Waals surface area contributed by atoms with Gasteiger partial charge in [-0.05, 0) is 44.2 Å². The molecule has 2 atom stereocenters. The number of rotatable bonds is 8. The maximum atomic E-state index is 5.90. The SMILES string of the molecule is CN=C(NCC(C)CN1CCN(C)CC1)NCC(C)Oc1ccc(Cl)cc1.I. The maximum Gasteiger partial charge on any atom is 0.191 e. The van der Waals surface area contributed by atoms with Crippen LogP contribution in [-0.2, 0) is 0 Å². The number of piperazine rings is 1. The minimum atomic E-state index is 0. The minimum absolute atomic E-state index is 0. The first-order valence-electron chi connectivity index (χ1n) is 9.74. The second-order valence-corrected chi connectivity index (χ2v) is 7.86. The Hall–Kier alpha value is -0.770. The molecule has 1 aromatic rings. The van der Waals surface area contributed by atoms with Crippen LogP contribution in [0.2, 0.25) is 5.02 Å². The van der Waals surface area contributed by atoms with Crippen LogP contribution in [0, 0.1) is 5.92 Å². The Morgan fingerprint density at radius 3 is 2.32 bits per heavy atom. The van der Waals surface area contributed by atoms with Crippen LogP contribution >= 0.6 is 35.6 Å². The number of likely N-dealkylation sites (N-methyl/N-ethyl adjacent to an activating group) is 1. The van der Waals surface area contributed by atoms with E-state index in [2.05, 4.69) is 39.4 Å². The fourth-order valence-corrected chi connectivity index (χ4v) is 3.18. The van der Waals surface area contributed by atoms with Gasteiger partial charge in [0.25, 0.3) is 0 Å². The first-order chi connectivity index (χ1) is 13.0. The van der Waals surface area contributed by atoms with Crippen molar-refractivity contribution in [3.05, 3.63) is 29.3 Å². The average Bonchev–Trinajstić information content (AvgIpc) is 2.65. The van der Waals surface area contributed by atoms with Gasteiger partial charge in [0.1, 0.15) is 11.9 Å². The van der Waals surface area contributed by atoms with Crippen molar-refractivity contribution < 1.29 is 4.74 Å². The molecule has 2 unspecified atom stereocenters. The zero-order valence-corrected chi connectivity index (χ0v) is 20.5. The summed E-state index contributed by atoms with van der Waals surface area (Å²) >= 11 is 5.90. The summed E-state index contributed by atoms with van der Waals surface area (Å²) in [5.74, 6) is 2.19. The fourth-order valence-electron chi connectivity index (χ4n) is 3.05. The van der Waals surface area contributed by atoms with Gasteiger partial charge in [0.15, 0.2) is 5.96 Å². The normalized spacial score (nSPS) is 18.1. The second-order valence-electron chi connectivity index (χ2n) is 7.43. The van der Waals surface area contributed by atoms with E-state index in [1.165, 1.54) is 0 Å². The molecule has 0 saturated carbocycles. The Balaban J connectivity index is 0.00000392. The molecule has 0 spiro atoms. The van der Waals surface area contributed by atoms with Gasteiger partial charge in [0.2, 0.25) is 0 Å². The van der Waals surface area contributed by atoms with Crippen molar-refractivity contribution >= 4 is 41.5 Å². The zero-order chi connectivity index (χ0) is 19.6. The van der Waals surface area contributed by atoms with Crippen LogP contribution in [-0.4, -0.2) is 81.8 Å². The van der Waals surface area contributed by atoms with Crippen molar-refractivity contribution in [1.29, 1.82) is 0 Å². The van der Waals surface area contributed by atoms with E-state index in [0.29, 0.717) is 17.5 Å². The summed E-state index contributed by atoms with van der Waals surface area (Å²) in [5, 5.41) is 7.47. The first kappa shape index (κ1) is 25.3. The van der Waals surface area contributed by atoms with Crippen LogP contribution in [0.15, 0.2) is 29.3 Å². The molecule has 1 aromatic carbocycles. The van der Waals surface area contributed by atoms with E-state index in [1.54, 1.807) is 7.05 Å². The molecule has 6 nitrogen and oxygen atoms in total. The zero-order valence-electron chi connectivity index (χ0n) is 17.4. The number of nitrogens with one attached hydrogen (secondary N) is 2. The van der Waals surface area contributed by atoms with E-state index in [1.807, 2.05) is 31.2 Å². The molecule has 1 aliphatic heterocycles. The molecule has 0 aliphatic carbocycles. The van der Waals surface area contributed by atoms with Crippen LogP contribution in [0.25, 0.3) is 0 Å². The first-order valence-corrected chi connectivity index (χ1v) is 10.1. The topological polar surface area (TPSA) is 52.1 Å². The molecule has 8 heteroatoms. The summed E-state index contributed by atoms with van der Waals surface area (Å²) in [4.78, 5) is 9.24. The van der Waals surface area contributed by atoms with Crippen LogP contribution in [0.1, 0.15) is 13.8 Å². The molecule has 2 rings (SSSR count). The van der Waals surface area contributed by atoms with Crippen LogP contribution < -0.4 is 15.4 Å². The lowest BCUT2D eigenvalue weighted by Gasteiger charge is -2.34. The van der Waals surface area contributed by atoms with Gasteiger partial charge >= 0.3 is 0 Å². The summed E-state index contributed by atoms with van der Waals surface area (Å²) in [6.07, 6.45) is 0.0208. The monoisotopic (exact) mass is 523 g/mol. The Morgan fingerprint density at radius 2 is 1.71 bits per heavy atom. The molecule has 160 valence electrons. The number of hydrogen-bond donors (Lipinski definition) is 2. The summed E-state index contributed by atoms with van der Waals surface area (Å²) in [6, 6.07) is 7.43. The lowest BCUT2D eigenvalue weighted by molar-refractivity contribution is 0.139. The predicted octanol–water partition coefficient (Wildman–Crippen LogP) is 2.77. The molecule has 0 bridgehead atoms. The molecule has 1 heterocycles. The second kappa shape index (κ2) is 13.5. The predicted molar refractivity (Wildman–Crippen MR) is 129 cm³/mol. The number of aliphatic imine (C=N–C) groups is 1. The molecule has 1 fully saturated rings. The Morgan fingerprint density at radius 1 is 1.11 bits per heavy atom. The number of guanidine groups is 1. The lowest BCUT2D eigenvalue weighted by atomic mass is 10.1. The number of benzene rings is 1. The van der Waals surface area contributed by atoms with Crippen molar-refractivity contribution in [3.63, 3.8) is 0 Å². The minimum Gasteiger partial charge on any atom is -0.489 e. The van der Waals surface area contributed by atoms with E-state index in [4.69, 9.17) is 16.3 Å². The third kappa shape index (κ3) is 9.62. The Kier molecular flexibility index (Phi) is 12.1. The van der Waals surface area contributed by atoms with Gasteiger partial charge in [0, 0.05) is 51.3 Å². The maximum absolute atomic E-state index is 5.90. The average molecular weight is 524 g/mol.